The number of hydrogen-bond donors (Lipinski definition) is 3. The molecule has 0 saturated heterocycles. The first-order chi connectivity index (χ1) is 15.7. The van der Waals surface area contributed by atoms with E-state index in [0.717, 1.165) is 50.9 Å². The minimum Gasteiger partial charge on any atom is -0.462 e. The summed E-state index contributed by atoms with van der Waals surface area (Å²) in [5.74, 6) is 3.34. The molecule has 11 atom stereocenters. The molecule has 3 N–H and O–H groups in total. The third-order valence-corrected chi connectivity index (χ3v) is 12.1. The van der Waals surface area contributed by atoms with Crippen LogP contribution in [-0.4, -0.2) is 46.7 Å². The van der Waals surface area contributed by atoms with Crippen LogP contribution in [0, 0.1) is 51.8 Å². The van der Waals surface area contributed by atoms with Crippen molar-refractivity contribution in [1.29, 1.82) is 0 Å². The number of esters is 1. The van der Waals surface area contributed by atoms with Gasteiger partial charge in [0.25, 0.3) is 0 Å². The molecule has 0 aromatic heterocycles. The monoisotopic (exact) mass is 462 g/mol. The molecule has 5 nitrogen and oxygen atoms in total. The van der Waals surface area contributed by atoms with Crippen molar-refractivity contribution in [2.45, 2.75) is 104 Å². The smallest absolute Gasteiger partial charge is 0.312 e. The quantitative estimate of drug-likeness (QED) is 0.542. The van der Waals surface area contributed by atoms with Gasteiger partial charge in [0.15, 0.2) is 0 Å². The highest BCUT2D eigenvalue weighted by Crippen LogP contribution is 2.71. The standard InChI is InChI=1S/C28H46O5/c1-17-20-8-12-27(3)21-9-14-28(25(32)33-16-18(30)15-29)11-4-5-22(28)19(21)6-7-24(27)26(20,2)13-10-23(17)31/h17-24,29-31H,4-16H2,1-3H3. The Morgan fingerprint density at radius 1 is 0.939 bits per heavy atom. The average Bonchev–Trinajstić information content (AvgIpc) is 3.25. The Hall–Kier alpha value is -0.650. The van der Waals surface area contributed by atoms with Crippen LogP contribution in [0.1, 0.15) is 91.4 Å². The van der Waals surface area contributed by atoms with Crippen LogP contribution < -0.4 is 0 Å². The number of ether oxygens (including phenoxy) is 1. The van der Waals surface area contributed by atoms with Crippen LogP contribution in [0.2, 0.25) is 0 Å². The maximum Gasteiger partial charge on any atom is 0.312 e. The molecule has 0 bridgehead atoms. The van der Waals surface area contributed by atoms with Crippen molar-refractivity contribution in [2.24, 2.45) is 51.8 Å². The van der Waals surface area contributed by atoms with E-state index in [4.69, 9.17) is 9.84 Å². The number of hydrogen-bond acceptors (Lipinski definition) is 5. The van der Waals surface area contributed by atoms with E-state index in [2.05, 4.69) is 20.8 Å². The predicted octanol–water partition coefficient (Wildman–Crippen LogP) is 4.32. The number of carbonyl (C=O) groups excluding carboxylic acids is 1. The van der Waals surface area contributed by atoms with E-state index in [-0.39, 0.29) is 30.7 Å². The highest BCUT2D eigenvalue weighted by Gasteiger charge is 2.66. The lowest BCUT2D eigenvalue weighted by molar-refractivity contribution is -0.202. The van der Waals surface area contributed by atoms with E-state index in [1.54, 1.807) is 0 Å². The maximum atomic E-state index is 13.3. The minimum absolute atomic E-state index is 0.0958. The zero-order chi connectivity index (χ0) is 23.6. The number of aliphatic hydroxyl groups excluding tert-OH is 3. The molecule has 5 aliphatic carbocycles. The van der Waals surface area contributed by atoms with Gasteiger partial charge in [-0.2, -0.15) is 0 Å². The molecule has 11 unspecified atom stereocenters. The zero-order valence-corrected chi connectivity index (χ0v) is 21.0. The van der Waals surface area contributed by atoms with Gasteiger partial charge in [-0.05, 0) is 111 Å². The molecule has 5 rings (SSSR count). The summed E-state index contributed by atoms with van der Waals surface area (Å²) in [5, 5.41) is 29.4. The summed E-state index contributed by atoms with van der Waals surface area (Å²) in [6.07, 6.45) is 11.2. The Labute approximate surface area is 199 Å². The maximum absolute atomic E-state index is 13.3. The van der Waals surface area contributed by atoms with Gasteiger partial charge in [-0.15, -0.1) is 0 Å². The molecule has 0 radical (unpaired) electrons. The van der Waals surface area contributed by atoms with Crippen molar-refractivity contribution in [3.63, 3.8) is 0 Å². The largest absolute Gasteiger partial charge is 0.462 e. The van der Waals surface area contributed by atoms with Crippen molar-refractivity contribution in [3.8, 4) is 0 Å². The number of carbonyl (C=O) groups is 1. The predicted molar refractivity (Wildman–Crippen MR) is 126 cm³/mol. The summed E-state index contributed by atoms with van der Waals surface area (Å²) in [7, 11) is 0. The van der Waals surface area contributed by atoms with Crippen molar-refractivity contribution >= 4 is 5.97 Å². The van der Waals surface area contributed by atoms with Gasteiger partial charge in [-0.25, -0.2) is 0 Å². The molecule has 0 aliphatic heterocycles. The lowest BCUT2D eigenvalue weighted by Gasteiger charge is -2.67. The highest BCUT2D eigenvalue weighted by molar-refractivity contribution is 5.78. The first-order valence-electron chi connectivity index (χ1n) is 13.8. The second-order valence-corrected chi connectivity index (χ2v) is 13.2. The van der Waals surface area contributed by atoms with E-state index in [9.17, 15) is 15.0 Å². The molecule has 188 valence electrons. The van der Waals surface area contributed by atoms with Gasteiger partial charge < -0.3 is 20.1 Å². The van der Waals surface area contributed by atoms with Gasteiger partial charge >= 0.3 is 5.97 Å². The van der Waals surface area contributed by atoms with Crippen molar-refractivity contribution in [2.75, 3.05) is 13.2 Å². The Bertz CT molecular complexity index is 755. The normalized spacial score (nSPS) is 52.1. The molecule has 0 spiro atoms. The van der Waals surface area contributed by atoms with Crippen LogP contribution >= 0.6 is 0 Å². The van der Waals surface area contributed by atoms with Gasteiger partial charge in [0.05, 0.1) is 18.1 Å². The Morgan fingerprint density at radius 2 is 1.64 bits per heavy atom. The number of aliphatic hydroxyl groups is 3. The molecule has 33 heavy (non-hydrogen) atoms. The van der Waals surface area contributed by atoms with Crippen LogP contribution in [0.25, 0.3) is 0 Å². The van der Waals surface area contributed by atoms with Crippen LogP contribution in [0.3, 0.4) is 0 Å². The molecule has 5 heteroatoms. The third kappa shape index (κ3) is 3.46. The van der Waals surface area contributed by atoms with E-state index < -0.39 is 6.10 Å². The van der Waals surface area contributed by atoms with Gasteiger partial charge in [-0.1, -0.05) is 27.2 Å². The number of fused-ring (bicyclic) bond motifs is 7. The highest BCUT2D eigenvalue weighted by atomic mass is 16.5. The molecule has 0 heterocycles. The fraction of sp³-hybridized carbons (Fsp3) is 0.964. The SMILES string of the molecule is CC1C(O)CCC2(C)C1CCC1(C)C3CCC4(C(=O)OCC(O)CO)CCCC4C3CCC21. The van der Waals surface area contributed by atoms with Crippen molar-refractivity contribution in [1.82, 2.24) is 0 Å². The summed E-state index contributed by atoms with van der Waals surface area (Å²) in [4.78, 5) is 13.3. The Balaban J connectivity index is 1.38. The first kappa shape index (κ1) is 24.1. The van der Waals surface area contributed by atoms with Crippen molar-refractivity contribution in [3.05, 3.63) is 0 Å². The fourth-order valence-electron chi connectivity index (χ4n) is 10.5. The summed E-state index contributed by atoms with van der Waals surface area (Å²) in [6, 6.07) is 0. The van der Waals surface area contributed by atoms with Crippen molar-refractivity contribution < 1.29 is 24.9 Å². The van der Waals surface area contributed by atoms with Crippen LogP contribution in [0.15, 0.2) is 0 Å². The van der Waals surface area contributed by atoms with Gasteiger partial charge in [0.1, 0.15) is 12.7 Å². The molecule has 5 saturated carbocycles. The molecule has 0 aromatic carbocycles. The number of rotatable bonds is 4. The lowest BCUT2D eigenvalue weighted by Crippen LogP contribution is -2.61. The van der Waals surface area contributed by atoms with Crippen LogP contribution in [-0.2, 0) is 9.53 Å². The van der Waals surface area contributed by atoms with Gasteiger partial charge in [0.2, 0.25) is 0 Å². The third-order valence-electron chi connectivity index (χ3n) is 12.1. The fourth-order valence-corrected chi connectivity index (χ4v) is 10.5. The Morgan fingerprint density at radius 3 is 2.39 bits per heavy atom. The summed E-state index contributed by atoms with van der Waals surface area (Å²) in [5.41, 5.74) is 0.298. The second kappa shape index (κ2) is 8.48. The van der Waals surface area contributed by atoms with Crippen LogP contribution in [0.4, 0.5) is 0 Å². The van der Waals surface area contributed by atoms with E-state index in [0.29, 0.717) is 40.4 Å². The first-order valence-corrected chi connectivity index (χ1v) is 13.8. The van der Waals surface area contributed by atoms with Crippen LogP contribution in [0.5, 0.6) is 0 Å². The summed E-state index contributed by atoms with van der Waals surface area (Å²) >= 11 is 0. The zero-order valence-electron chi connectivity index (χ0n) is 21.0. The molecule has 5 fully saturated rings. The lowest BCUT2D eigenvalue weighted by atomic mass is 9.37. The second-order valence-electron chi connectivity index (χ2n) is 13.2. The van der Waals surface area contributed by atoms with E-state index >= 15 is 0 Å². The summed E-state index contributed by atoms with van der Waals surface area (Å²) in [6.45, 7) is 6.96. The molecule has 0 amide bonds. The Kier molecular flexibility index (Phi) is 6.18. The topological polar surface area (TPSA) is 87.0 Å². The molecular formula is C28H46O5. The van der Waals surface area contributed by atoms with Gasteiger partial charge in [0, 0.05) is 0 Å². The molecular weight excluding hydrogens is 416 g/mol. The average molecular weight is 463 g/mol. The molecule has 5 aliphatic rings. The molecule has 0 aromatic rings. The minimum atomic E-state index is -0.983. The van der Waals surface area contributed by atoms with E-state index in [1.165, 1.54) is 25.7 Å². The van der Waals surface area contributed by atoms with Gasteiger partial charge in [-0.3, -0.25) is 4.79 Å². The van der Waals surface area contributed by atoms with E-state index in [1.807, 2.05) is 0 Å². The summed E-state index contributed by atoms with van der Waals surface area (Å²) < 4.78 is 5.59.